The van der Waals surface area contributed by atoms with E-state index in [0.29, 0.717) is 0 Å². The van der Waals surface area contributed by atoms with Gasteiger partial charge < -0.3 is 4.42 Å². The zero-order chi connectivity index (χ0) is 6.69. The lowest BCUT2D eigenvalue weighted by atomic mass is 10.6. The lowest BCUT2D eigenvalue weighted by molar-refractivity contribution is 0.0919. The minimum atomic E-state index is -0.590. The fraction of sp³-hybridized carbons (Fsp3) is 0. The molecular weight excluding hydrogens is 124 g/mol. The molecule has 0 fully saturated rings. The van der Waals surface area contributed by atoms with Crippen LogP contribution in [0, 0.1) is 0 Å². The van der Waals surface area contributed by atoms with Gasteiger partial charge >= 0.3 is 11.8 Å². The number of nitrogens with one attached hydrogen (secondary N) is 1. The van der Waals surface area contributed by atoms with Crippen molar-refractivity contribution in [1.29, 1.82) is 0 Å². The van der Waals surface area contributed by atoms with Crippen LogP contribution in [-0.4, -0.2) is 16.1 Å². The first-order valence-corrected chi connectivity index (χ1v) is 2.11. The number of nitrogen functional groups attached to an aromatic ring is 1. The number of carbonyl (C=O) groups is 1. The SMILES string of the molecule is NNC(=O)c1nnco1. The van der Waals surface area contributed by atoms with E-state index in [2.05, 4.69) is 14.6 Å². The Balaban J connectivity index is 2.77. The molecule has 0 spiro atoms. The number of nitrogens with zero attached hydrogens (tertiary/aromatic N) is 2. The number of hydrogen-bond donors (Lipinski definition) is 2. The van der Waals surface area contributed by atoms with Gasteiger partial charge in [0.25, 0.3) is 0 Å². The van der Waals surface area contributed by atoms with Crippen LogP contribution < -0.4 is 11.3 Å². The summed E-state index contributed by atoms with van der Waals surface area (Å²) in [4.78, 5) is 10.4. The van der Waals surface area contributed by atoms with E-state index in [0.717, 1.165) is 6.39 Å². The van der Waals surface area contributed by atoms with Crippen LogP contribution in [0.1, 0.15) is 10.7 Å². The molecule has 9 heavy (non-hydrogen) atoms. The summed E-state index contributed by atoms with van der Waals surface area (Å²) < 4.78 is 4.47. The highest BCUT2D eigenvalue weighted by Crippen LogP contribution is 1.87. The van der Waals surface area contributed by atoms with Gasteiger partial charge in [0, 0.05) is 0 Å². The van der Waals surface area contributed by atoms with Gasteiger partial charge in [0.15, 0.2) is 0 Å². The molecule has 6 nitrogen and oxygen atoms in total. The average molecular weight is 128 g/mol. The van der Waals surface area contributed by atoms with E-state index in [1.165, 1.54) is 0 Å². The fourth-order valence-corrected chi connectivity index (χ4v) is 0.334. The molecular formula is C3H4N4O2. The smallest absolute Gasteiger partial charge is 0.322 e. The highest BCUT2D eigenvalue weighted by molar-refractivity contribution is 5.88. The second-order valence-corrected chi connectivity index (χ2v) is 1.22. The van der Waals surface area contributed by atoms with Gasteiger partial charge in [-0.15, -0.1) is 10.2 Å². The van der Waals surface area contributed by atoms with Crippen molar-refractivity contribution < 1.29 is 9.21 Å². The standard InChI is InChI=1S/C3H4N4O2/c4-6-2(8)3-7-5-1-9-3/h1H,4H2,(H,6,8). The minimum Gasteiger partial charge on any atom is -0.420 e. The Kier molecular flexibility index (Phi) is 1.41. The topological polar surface area (TPSA) is 94.0 Å². The number of nitrogens with two attached hydrogens (primary N) is 1. The van der Waals surface area contributed by atoms with Crippen molar-refractivity contribution in [3.8, 4) is 0 Å². The van der Waals surface area contributed by atoms with Crippen molar-refractivity contribution in [3.05, 3.63) is 12.3 Å². The third-order valence-electron chi connectivity index (χ3n) is 0.685. The summed E-state index contributed by atoms with van der Waals surface area (Å²) in [6.45, 7) is 0. The largest absolute Gasteiger partial charge is 0.420 e. The monoisotopic (exact) mass is 128 g/mol. The number of rotatable bonds is 1. The van der Waals surface area contributed by atoms with E-state index < -0.39 is 5.91 Å². The van der Waals surface area contributed by atoms with Crippen molar-refractivity contribution >= 4 is 5.91 Å². The first kappa shape index (κ1) is 5.70. The molecule has 0 saturated carbocycles. The fourth-order valence-electron chi connectivity index (χ4n) is 0.334. The maximum absolute atomic E-state index is 10.4. The molecule has 1 heterocycles. The van der Waals surface area contributed by atoms with E-state index in [1.54, 1.807) is 0 Å². The lowest BCUT2D eigenvalue weighted by Gasteiger charge is -1.87. The second kappa shape index (κ2) is 2.23. The van der Waals surface area contributed by atoms with Gasteiger partial charge in [-0.25, -0.2) is 5.84 Å². The molecule has 6 heteroatoms. The Morgan fingerprint density at radius 2 is 2.67 bits per heavy atom. The Hall–Kier alpha value is -1.43. The summed E-state index contributed by atoms with van der Waals surface area (Å²) in [7, 11) is 0. The summed E-state index contributed by atoms with van der Waals surface area (Å²) >= 11 is 0. The zero-order valence-electron chi connectivity index (χ0n) is 4.37. The van der Waals surface area contributed by atoms with Gasteiger partial charge in [-0.3, -0.25) is 10.2 Å². The second-order valence-electron chi connectivity index (χ2n) is 1.22. The predicted molar refractivity (Wildman–Crippen MR) is 26.0 cm³/mol. The first-order chi connectivity index (χ1) is 4.34. The van der Waals surface area contributed by atoms with E-state index in [4.69, 9.17) is 5.84 Å². The Morgan fingerprint density at radius 1 is 1.89 bits per heavy atom. The predicted octanol–water partition coefficient (Wildman–Crippen LogP) is -1.33. The maximum Gasteiger partial charge on any atom is 0.322 e. The molecule has 1 rings (SSSR count). The zero-order valence-corrected chi connectivity index (χ0v) is 4.37. The number of amides is 1. The van der Waals surface area contributed by atoms with Crippen molar-refractivity contribution in [3.63, 3.8) is 0 Å². The molecule has 1 amide bonds. The highest BCUT2D eigenvalue weighted by atomic mass is 16.4. The number of aromatic nitrogens is 2. The average Bonchev–Trinajstić information content (AvgIpc) is 2.37. The molecule has 0 aliphatic carbocycles. The molecule has 48 valence electrons. The summed E-state index contributed by atoms with van der Waals surface area (Å²) in [6, 6.07) is 0. The molecule has 1 aromatic heterocycles. The molecule has 0 aromatic carbocycles. The van der Waals surface area contributed by atoms with E-state index in [1.807, 2.05) is 5.43 Å². The normalized spacial score (nSPS) is 9.00. The van der Waals surface area contributed by atoms with Crippen molar-refractivity contribution in [2.75, 3.05) is 0 Å². The first-order valence-electron chi connectivity index (χ1n) is 2.11. The quantitative estimate of drug-likeness (QED) is 0.277. The molecule has 0 aliphatic heterocycles. The van der Waals surface area contributed by atoms with Crippen LogP contribution in [-0.2, 0) is 0 Å². The van der Waals surface area contributed by atoms with Crippen molar-refractivity contribution in [2.45, 2.75) is 0 Å². The van der Waals surface area contributed by atoms with Crippen LogP contribution in [0.5, 0.6) is 0 Å². The van der Waals surface area contributed by atoms with Gasteiger partial charge in [-0.05, 0) is 0 Å². The van der Waals surface area contributed by atoms with Crippen LogP contribution in [0.25, 0.3) is 0 Å². The highest BCUT2D eigenvalue weighted by Gasteiger charge is 2.07. The van der Waals surface area contributed by atoms with Gasteiger partial charge in [-0.1, -0.05) is 0 Å². The molecule has 0 saturated heterocycles. The van der Waals surface area contributed by atoms with E-state index >= 15 is 0 Å². The van der Waals surface area contributed by atoms with Crippen molar-refractivity contribution in [2.24, 2.45) is 5.84 Å². The third-order valence-corrected chi connectivity index (χ3v) is 0.685. The molecule has 3 N–H and O–H groups in total. The summed E-state index contributed by atoms with van der Waals surface area (Å²) in [5, 5.41) is 6.54. The Labute approximate surface area is 50.0 Å². The van der Waals surface area contributed by atoms with Crippen LogP contribution in [0.3, 0.4) is 0 Å². The van der Waals surface area contributed by atoms with Gasteiger partial charge in [0.2, 0.25) is 6.39 Å². The maximum atomic E-state index is 10.4. The van der Waals surface area contributed by atoms with Crippen LogP contribution >= 0.6 is 0 Å². The summed E-state index contributed by atoms with van der Waals surface area (Å²) in [5.41, 5.74) is 1.83. The van der Waals surface area contributed by atoms with Gasteiger partial charge in [0.05, 0.1) is 0 Å². The van der Waals surface area contributed by atoms with E-state index in [9.17, 15) is 4.79 Å². The molecule has 0 unspecified atom stereocenters. The number of carbonyl (C=O) groups excluding carboxylic acids is 1. The van der Waals surface area contributed by atoms with Crippen LogP contribution in [0.15, 0.2) is 10.8 Å². The number of hydrogen-bond acceptors (Lipinski definition) is 5. The third kappa shape index (κ3) is 1.03. The number of hydrazine groups is 1. The Bertz CT molecular complexity index is 194. The minimum absolute atomic E-state index is 0.141. The Morgan fingerprint density at radius 3 is 3.11 bits per heavy atom. The lowest BCUT2D eigenvalue weighted by Crippen LogP contribution is -2.30. The molecule has 0 radical (unpaired) electrons. The van der Waals surface area contributed by atoms with Gasteiger partial charge in [0.1, 0.15) is 0 Å². The molecule has 0 bridgehead atoms. The summed E-state index contributed by atoms with van der Waals surface area (Å²) in [5.74, 6) is 4.00. The summed E-state index contributed by atoms with van der Waals surface area (Å²) in [6.07, 6.45) is 1.05. The van der Waals surface area contributed by atoms with Gasteiger partial charge in [-0.2, -0.15) is 0 Å². The molecule has 0 aliphatic rings. The van der Waals surface area contributed by atoms with Crippen LogP contribution in [0.2, 0.25) is 0 Å². The molecule has 1 aromatic rings. The van der Waals surface area contributed by atoms with Crippen LogP contribution in [0.4, 0.5) is 0 Å². The van der Waals surface area contributed by atoms with E-state index in [-0.39, 0.29) is 5.89 Å². The van der Waals surface area contributed by atoms with Crippen molar-refractivity contribution in [1.82, 2.24) is 15.6 Å². The molecule has 0 atom stereocenters.